The molecule has 3 heteroatoms. The van der Waals surface area contributed by atoms with Gasteiger partial charge in [0.25, 0.3) is 0 Å². The van der Waals surface area contributed by atoms with Gasteiger partial charge in [0, 0.05) is 0 Å². The largest absolute Gasteiger partial charge is 0.493 e. The van der Waals surface area contributed by atoms with Gasteiger partial charge in [-0.05, 0) is 56.0 Å². The van der Waals surface area contributed by atoms with Crippen LogP contribution in [0.25, 0.3) is 0 Å². The number of nitrogens with two attached hydrogens (primary N) is 1. The number of methoxy groups -OCH3 is 2. The zero-order valence-electron chi connectivity index (χ0n) is 11.1. The van der Waals surface area contributed by atoms with Gasteiger partial charge in [-0.15, -0.1) is 0 Å². The Morgan fingerprint density at radius 1 is 1.00 bits per heavy atom. The molecule has 3 nitrogen and oxygen atoms in total. The smallest absolute Gasteiger partial charge is 0.161 e. The van der Waals surface area contributed by atoms with E-state index in [0.29, 0.717) is 0 Å². The maximum absolute atomic E-state index is 5.48. The van der Waals surface area contributed by atoms with E-state index in [1.54, 1.807) is 14.2 Å². The number of rotatable bonds is 7. The maximum Gasteiger partial charge on any atom is 0.161 e. The van der Waals surface area contributed by atoms with Gasteiger partial charge in [0.1, 0.15) is 0 Å². The molecular formula is C14H23NO2. The van der Waals surface area contributed by atoms with Gasteiger partial charge in [0.05, 0.1) is 14.2 Å². The summed E-state index contributed by atoms with van der Waals surface area (Å²) >= 11 is 0. The van der Waals surface area contributed by atoms with Crippen molar-refractivity contribution < 1.29 is 9.47 Å². The molecule has 0 saturated carbocycles. The highest BCUT2D eigenvalue weighted by Crippen LogP contribution is 2.30. The molecule has 0 unspecified atom stereocenters. The topological polar surface area (TPSA) is 44.5 Å². The van der Waals surface area contributed by atoms with Crippen LogP contribution in [0.2, 0.25) is 0 Å². The van der Waals surface area contributed by atoms with Gasteiger partial charge >= 0.3 is 0 Å². The van der Waals surface area contributed by atoms with Crippen LogP contribution in [0.15, 0.2) is 12.1 Å². The lowest BCUT2D eigenvalue weighted by Crippen LogP contribution is -1.99. The first-order valence-electron chi connectivity index (χ1n) is 6.14. The van der Waals surface area contributed by atoms with Gasteiger partial charge in [-0.1, -0.05) is 6.42 Å². The summed E-state index contributed by atoms with van der Waals surface area (Å²) in [4.78, 5) is 0. The molecule has 0 radical (unpaired) electrons. The molecule has 1 rings (SSSR count). The van der Waals surface area contributed by atoms with Crippen molar-refractivity contribution >= 4 is 0 Å². The van der Waals surface area contributed by atoms with E-state index in [1.165, 1.54) is 24.0 Å². The fraction of sp³-hybridized carbons (Fsp3) is 0.571. The Hall–Kier alpha value is -1.22. The zero-order valence-corrected chi connectivity index (χ0v) is 11.1. The molecule has 0 amide bonds. The maximum atomic E-state index is 5.48. The van der Waals surface area contributed by atoms with Gasteiger partial charge in [0.15, 0.2) is 11.5 Å². The molecule has 1 aromatic rings. The van der Waals surface area contributed by atoms with Crippen LogP contribution in [-0.2, 0) is 6.42 Å². The van der Waals surface area contributed by atoms with Crippen molar-refractivity contribution in [1.82, 2.24) is 0 Å². The Balaban J connectivity index is 2.71. The SMILES string of the molecule is COc1cc(C)c(CCCCCN)cc1OC. The van der Waals surface area contributed by atoms with Crippen LogP contribution in [0.5, 0.6) is 11.5 Å². The minimum Gasteiger partial charge on any atom is -0.493 e. The van der Waals surface area contributed by atoms with E-state index in [4.69, 9.17) is 15.2 Å². The van der Waals surface area contributed by atoms with Crippen LogP contribution in [0.3, 0.4) is 0 Å². The van der Waals surface area contributed by atoms with Gasteiger partial charge < -0.3 is 15.2 Å². The summed E-state index contributed by atoms with van der Waals surface area (Å²) in [5.41, 5.74) is 8.08. The van der Waals surface area contributed by atoms with Gasteiger partial charge in [-0.3, -0.25) is 0 Å². The number of unbranched alkanes of at least 4 members (excludes halogenated alkanes) is 2. The van der Waals surface area contributed by atoms with E-state index in [1.807, 2.05) is 6.07 Å². The summed E-state index contributed by atoms with van der Waals surface area (Å²) in [6, 6.07) is 4.12. The number of aryl methyl sites for hydroxylation is 2. The summed E-state index contributed by atoms with van der Waals surface area (Å²) in [7, 11) is 3.34. The van der Waals surface area contributed by atoms with Crippen LogP contribution in [-0.4, -0.2) is 20.8 Å². The Morgan fingerprint density at radius 2 is 1.65 bits per heavy atom. The van der Waals surface area contributed by atoms with E-state index in [-0.39, 0.29) is 0 Å². The molecule has 0 aliphatic heterocycles. The molecule has 0 aromatic heterocycles. The molecular weight excluding hydrogens is 214 g/mol. The summed E-state index contributed by atoms with van der Waals surface area (Å²) in [6.07, 6.45) is 4.54. The van der Waals surface area contributed by atoms with Crippen molar-refractivity contribution in [2.24, 2.45) is 5.73 Å². The average molecular weight is 237 g/mol. The van der Waals surface area contributed by atoms with Gasteiger partial charge in [-0.2, -0.15) is 0 Å². The van der Waals surface area contributed by atoms with Crippen LogP contribution < -0.4 is 15.2 Å². The van der Waals surface area contributed by atoms with E-state index in [2.05, 4.69) is 13.0 Å². The lowest BCUT2D eigenvalue weighted by atomic mass is 10.0. The van der Waals surface area contributed by atoms with Crippen LogP contribution >= 0.6 is 0 Å². The molecule has 0 heterocycles. The Labute approximate surface area is 104 Å². The molecule has 17 heavy (non-hydrogen) atoms. The molecule has 1 aromatic carbocycles. The fourth-order valence-corrected chi connectivity index (χ4v) is 1.93. The highest BCUT2D eigenvalue weighted by molar-refractivity contribution is 5.47. The first-order valence-corrected chi connectivity index (χ1v) is 6.14. The van der Waals surface area contributed by atoms with E-state index >= 15 is 0 Å². The van der Waals surface area contributed by atoms with Crippen LogP contribution in [0, 0.1) is 6.92 Å². The molecule has 0 aliphatic carbocycles. The molecule has 0 atom stereocenters. The predicted molar refractivity (Wildman–Crippen MR) is 70.9 cm³/mol. The minimum absolute atomic E-state index is 0.783. The minimum atomic E-state index is 0.783. The number of hydrogen-bond acceptors (Lipinski definition) is 3. The average Bonchev–Trinajstić information content (AvgIpc) is 2.35. The van der Waals surface area contributed by atoms with E-state index < -0.39 is 0 Å². The molecule has 0 bridgehead atoms. The zero-order chi connectivity index (χ0) is 12.7. The molecule has 0 fully saturated rings. The second kappa shape index (κ2) is 7.17. The third-order valence-corrected chi connectivity index (χ3v) is 2.99. The van der Waals surface area contributed by atoms with Crippen molar-refractivity contribution in [3.8, 4) is 11.5 Å². The summed E-state index contributed by atoms with van der Waals surface area (Å²) in [6.45, 7) is 2.89. The van der Waals surface area contributed by atoms with E-state index in [0.717, 1.165) is 30.9 Å². The second-order valence-corrected chi connectivity index (χ2v) is 4.23. The number of hydrogen-bond donors (Lipinski definition) is 1. The lowest BCUT2D eigenvalue weighted by Gasteiger charge is -2.12. The molecule has 2 N–H and O–H groups in total. The monoisotopic (exact) mass is 237 g/mol. The summed E-state index contributed by atoms with van der Waals surface area (Å²) in [5, 5.41) is 0. The van der Waals surface area contributed by atoms with Gasteiger partial charge in [-0.25, -0.2) is 0 Å². The van der Waals surface area contributed by atoms with Crippen molar-refractivity contribution in [3.05, 3.63) is 23.3 Å². The molecule has 0 saturated heterocycles. The lowest BCUT2D eigenvalue weighted by molar-refractivity contribution is 0.354. The Bertz CT molecular complexity index is 350. The van der Waals surface area contributed by atoms with Crippen molar-refractivity contribution in [3.63, 3.8) is 0 Å². The third-order valence-electron chi connectivity index (χ3n) is 2.99. The van der Waals surface area contributed by atoms with E-state index in [9.17, 15) is 0 Å². The number of benzene rings is 1. The van der Waals surface area contributed by atoms with Crippen molar-refractivity contribution in [2.45, 2.75) is 32.6 Å². The Morgan fingerprint density at radius 3 is 2.24 bits per heavy atom. The molecule has 0 aliphatic rings. The highest BCUT2D eigenvalue weighted by atomic mass is 16.5. The predicted octanol–water partition coefficient (Wildman–Crippen LogP) is 2.68. The van der Waals surface area contributed by atoms with Crippen LogP contribution in [0.4, 0.5) is 0 Å². The summed E-state index contributed by atoms with van der Waals surface area (Å²) in [5.74, 6) is 1.61. The highest BCUT2D eigenvalue weighted by Gasteiger charge is 2.08. The molecule has 0 spiro atoms. The number of ether oxygens (including phenoxy) is 2. The summed E-state index contributed by atoms with van der Waals surface area (Å²) < 4.78 is 10.6. The standard InChI is InChI=1S/C14H23NO2/c1-11-9-13(16-2)14(17-3)10-12(11)7-5-4-6-8-15/h9-10H,4-8,15H2,1-3H3. The van der Waals surface area contributed by atoms with Crippen molar-refractivity contribution in [2.75, 3.05) is 20.8 Å². The first kappa shape index (κ1) is 13.8. The van der Waals surface area contributed by atoms with Gasteiger partial charge in [0.2, 0.25) is 0 Å². The normalized spacial score (nSPS) is 10.4. The quantitative estimate of drug-likeness (QED) is 0.741. The Kier molecular flexibility index (Phi) is 5.84. The molecule has 96 valence electrons. The fourth-order valence-electron chi connectivity index (χ4n) is 1.93. The first-order chi connectivity index (χ1) is 8.22. The second-order valence-electron chi connectivity index (χ2n) is 4.23. The third kappa shape index (κ3) is 3.93. The van der Waals surface area contributed by atoms with Crippen molar-refractivity contribution in [1.29, 1.82) is 0 Å². The van der Waals surface area contributed by atoms with Crippen LogP contribution in [0.1, 0.15) is 30.4 Å².